The van der Waals surface area contributed by atoms with E-state index in [4.69, 9.17) is 14.5 Å². The quantitative estimate of drug-likeness (QED) is 0.258. The van der Waals surface area contributed by atoms with Crippen molar-refractivity contribution in [3.05, 3.63) is 0 Å². The Labute approximate surface area is 124 Å². The Balaban J connectivity index is 4.77. The molecule has 0 heterocycles. The Hall–Kier alpha value is -0.610. The highest BCUT2D eigenvalue weighted by molar-refractivity contribution is 5.79. The fraction of sp³-hybridized carbons (Fsp3) is 0.938. The maximum atomic E-state index is 12.5. The van der Waals surface area contributed by atoms with Crippen molar-refractivity contribution in [1.82, 2.24) is 0 Å². The van der Waals surface area contributed by atoms with Crippen LogP contribution in [0.2, 0.25) is 0 Å². The minimum atomic E-state index is -0.975. The van der Waals surface area contributed by atoms with Gasteiger partial charge in [-0.25, -0.2) is 14.6 Å². The molecule has 120 valence electrons. The molecule has 0 aromatic rings. The molecule has 0 spiro atoms. The molecular formula is C16H32O4. The lowest BCUT2D eigenvalue weighted by Crippen LogP contribution is -2.45. The molecule has 1 atom stereocenters. The van der Waals surface area contributed by atoms with E-state index in [-0.39, 0.29) is 5.97 Å². The van der Waals surface area contributed by atoms with Gasteiger partial charge in [0.25, 0.3) is 0 Å². The van der Waals surface area contributed by atoms with Crippen LogP contribution in [-0.2, 0) is 19.3 Å². The number of carbonyl (C=O) groups is 1. The summed E-state index contributed by atoms with van der Waals surface area (Å²) in [4.78, 5) is 23.2. The summed E-state index contributed by atoms with van der Waals surface area (Å²) >= 11 is 0. The second-order valence-corrected chi connectivity index (χ2v) is 6.21. The van der Waals surface area contributed by atoms with E-state index in [0.29, 0.717) is 19.4 Å². The van der Waals surface area contributed by atoms with Crippen molar-refractivity contribution in [2.24, 2.45) is 0 Å². The summed E-state index contributed by atoms with van der Waals surface area (Å²) in [6.45, 7) is 12.2. The Bertz CT molecular complexity index is 270. The summed E-state index contributed by atoms with van der Waals surface area (Å²) in [6.07, 6.45) is 5.04. The van der Waals surface area contributed by atoms with Gasteiger partial charge in [-0.3, -0.25) is 0 Å². The zero-order valence-electron chi connectivity index (χ0n) is 14.1. The van der Waals surface area contributed by atoms with Crippen molar-refractivity contribution in [2.45, 2.75) is 91.3 Å². The zero-order valence-corrected chi connectivity index (χ0v) is 14.1. The monoisotopic (exact) mass is 288 g/mol. The summed E-state index contributed by atoms with van der Waals surface area (Å²) in [5.74, 6) is -0.322. The van der Waals surface area contributed by atoms with E-state index in [1.54, 1.807) is 0 Å². The summed E-state index contributed by atoms with van der Waals surface area (Å²) in [5.41, 5.74) is -1.49. The maximum absolute atomic E-state index is 12.5. The first kappa shape index (κ1) is 19.4. The smallest absolute Gasteiger partial charge is 0.342 e. The molecule has 0 radical (unpaired) electrons. The van der Waals surface area contributed by atoms with Crippen LogP contribution >= 0.6 is 0 Å². The van der Waals surface area contributed by atoms with Crippen molar-refractivity contribution in [3.63, 3.8) is 0 Å². The van der Waals surface area contributed by atoms with Gasteiger partial charge in [-0.05, 0) is 40.0 Å². The van der Waals surface area contributed by atoms with Crippen molar-refractivity contribution in [2.75, 3.05) is 6.61 Å². The van der Waals surface area contributed by atoms with Gasteiger partial charge in [0.2, 0.25) is 0 Å². The van der Waals surface area contributed by atoms with E-state index in [1.165, 1.54) is 0 Å². The SMILES string of the molecule is CCCCOOC(CC)(CCCC)C(=O)OC(C)(C)C. The molecule has 0 aliphatic rings. The molecule has 1 unspecified atom stereocenters. The molecule has 0 N–H and O–H groups in total. The Morgan fingerprint density at radius 3 is 2.05 bits per heavy atom. The van der Waals surface area contributed by atoms with Crippen LogP contribution < -0.4 is 0 Å². The number of ether oxygens (including phenoxy) is 1. The fourth-order valence-corrected chi connectivity index (χ4v) is 1.75. The van der Waals surface area contributed by atoms with Gasteiger partial charge in [-0.2, -0.15) is 0 Å². The third-order valence-electron chi connectivity index (χ3n) is 3.08. The van der Waals surface area contributed by atoms with Crippen LogP contribution in [0.4, 0.5) is 0 Å². The number of unbranched alkanes of at least 4 members (excludes halogenated alkanes) is 2. The molecule has 0 aromatic carbocycles. The van der Waals surface area contributed by atoms with Crippen LogP contribution in [0.25, 0.3) is 0 Å². The molecule has 4 heteroatoms. The van der Waals surface area contributed by atoms with Crippen LogP contribution in [0.1, 0.15) is 80.1 Å². The number of rotatable bonds is 10. The Morgan fingerprint density at radius 2 is 1.60 bits per heavy atom. The molecule has 0 saturated carbocycles. The van der Waals surface area contributed by atoms with Gasteiger partial charge in [0.15, 0.2) is 5.60 Å². The number of esters is 1. The highest BCUT2D eigenvalue weighted by Gasteiger charge is 2.42. The van der Waals surface area contributed by atoms with E-state index in [2.05, 4.69) is 13.8 Å². The van der Waals surface area contributed by atoms with Crippen LogP contribution in [-0.4, -0.2) is 23.8 Å². The minimum absolute atomic E-state index is 0.322. The average Bonchev–Trinajstić information content (AvgIpc) is 2.36. The van der Waals surface area contributed by atoms with E-state index >= 15 is 0 Å². The van der Waals surface area contributed by atoms with Crippen LogP contribution in [0, 0.1) is 0 Å². The maximum Gasteiger partial charge on any atom is 0.342 e. The third-order valence-corrected chi connectivity index (χ3v) is 3.08. The number of carbonyl (C=O) groups excluding carboxylic acids is 1. The van der Waals surface area contributed by atoms with Gasteiger partial charge >= 0.3 is 5.97 Å². The molecule has 0 saturated heterocycles. The second kappa shape index (κ2) is 9.35. The molecule has 20 heavy (non-hydrogen) atoms. The van der Waals surface area contributed by atoms with Crippen molar-refractivity contribution in [3.8, 4) is 0 Å². The molecule has 0 aliphatic carbocycles. The summed E-state index contributed by atoms with van der Waals surface area (Å²) < 4.78 is 5.50. The number of hydrogen-bond acceptors (Lipinski definition) is 4. The van der Waals surface area contributed by atoms with Gasteiger partial charge in [0, 0.05) is 0 Å². The van der Waals surface area contributed by atoms with Crippen molar-refractivity contribution < 1.29 is 19.3 Å². The Morgan fingerprint density at radius 1 is 1.00 bits per heavy atom. The molecule has 0 bridgehead atoms. The van der Waals surface area contributed by atoms with Gasteiger partial charge in [0.1, 0.15) is 5.60 Å². The first-order valence-corrected chi connectivity index (χ1v) is 7.85. The normalized spacial score (nSPS) is 14.9. The number of hydrogen-bond donors (Lipinski definition) is 0. The first-order chi connectivity index (χ1) is 9.31. The topological polar surface area (TPSA) is 44.8 Å². The fourth-order valence-electron chi connectivity index (χ4n) is 1.75. The largest absolute Gasteiger partial charge is 0.458 e. The van der Waals surface area contributed by atoms with Gasteiger partial charge in [-0.15, -0.1) is 0 Å². The van der Waals surface area contributed by atoms with Crippen LogP contribution in [0.15, 0.2) is 0 Å². The first-order valence-electron chi connectivity index (χ1n) is 7.85. The average molecular weight is 288 g/mol. The van der Waals surface area contributed by atoms with E-state index < -0.39 is 11.2 Å². The lowest BCUT2D eigenvalue weighted by Gasteiger charge is -2.32. The zero-order chi connectivity index (χ0) is 15.6. The van der Waals surface area contributed by atoms with E-state index in [0.717, 1.165) is 25.7 Å². The van der Waals surface area contributed by atoms with Crippen molar-refractivity contribution in [1.29, 1.82) is 0 Å². The molecule has 0 amide bonds. The van der Waals surface area contributed by atoms with Crippen molar-refractivity contribution >= 4 is 5.97 Å². The predicted octanol–water partition coefficient (Wildman–Crippen LogP) is 4.42. The predicted molar refractivity (Wildman–Crippen MR) is 80.3 cm³/mol. The van der Waals surface area contributed by atoms with E-state index in [1.807, 2.05) is 27.7 Å². The van der Waals surface area contributed by atoms with Gasteiger partial charge in [-0.1, -0.05) is 40.0 Å². The van der Waals surface area contributed by atoms with Crippen LogP contribution in [0.3, 0.4) is 0 Å². The van der Waals surface area contributed by atoms with Crippen LogP contribution in [0.5, 0.6) is 0 Å². The highest BCUT2D eigenvalue weighted by Crippen LogP contribution is 2.28. The Kier molecular flexibility index (Phi) is 9.06. The lowest BCUT2D eigenvalue weighted by atomic mass is 9.93. The summed E-state index contributed by atoms with van der Waals surface area (Å²) in [7, 11) is 0. The summed E-state index contributed by atoms with van der Waals surface area (Å²) in [5, 5.41) is 0. The molecule has 0 fully saturated rings. The van der Waals surface area contributed by atoms with E-state index in [9.17, 15) is 4.79 Å². The second-order valence-electron chi connectivity index (χ2n) is 6.21. The molecule has 4 nitrogen and oxygen atoms in total. The standard InChI is InChI=1S/C16H32O4/c1-7-10-12-16(9-3,20-18-13-11-8-2)14(17)19-15(4,5)6/h7-13H2,1-6H3. The molecular weight excluding hydrogens is 256 g/mol. The lowest BCUT2D eigenvalue weighted by molar-refractivity contribution is -0.359. The van der Waals surface area contributed by atoms with Gasteiger partial charge in [0.05, 0.1) is 6.61 Å². The molecule has 0 aromatic heterocycles. The summed E-state index contributed by atoms with van der Waals surface area (Å²) in [6, 6.07) is 0. The van der Waals surface area contributed by atoms with Gasteiger partial charge < -0.3 is 4.74 Å². The highest BCUT2D eigenvalue weighted by atomic mass is 17.2. The molecule has 0 aliphatic heterocycles. The minimum Gasteiger partial charge on any atom is -0.458 e. The molecule has 0 rings (SSSR count). The third kappa shape index (κ3) is 7.25.